The number of rotatable bonds is 7. The van der Waals surface area contributed by atoms with Crippen molar-refractivity contribution in [2.45, 2.75) is 13.3 Å². The van der Waals surface area contributed by atoms with Crippen LogP contribution in [0.25, 0.3) is 0 Å². The first-order chi connectivity index (χ1) is 15.0. The van der Waals surface area contributed by atoms with Crippen LogP contribution in [0.5, 0.6) is 5.75 Å². The van der Waals surface area contributed by atoms with Crippen LogP contribution >= 0.6 is 11.6 Å². The predicted molar refractivity (Wildman–Crippen MR) is 108 cm³/mol. The molecule has 8 nitrogen and oxygen atoms in total. The number of ether oxygens (including phenoxy) is 1. The molecule has 0 aliphatic rings. The third kappa shape index (κ3) is 5.04. The van der Waals surface area contributed by atoms with Crippen molar-refractivity contribution in [2.75, 3.05) is 5.32 Å². The summed E-state index contributed by atoms with van der Waals surface area (Å²) in [7, 11) is 0. The van der Waals surface area contributed by atoms with E-state index in [4.69, 9.17) is 16.3 Å². The minimum absolute atomic E-state index is 0.00917. The lowest BCUT2D eigenvalue weighted by Gasteiger charge is -2.06. The quantitative estimate of drug-likeness (QED) is 0.469. The third-order valence-corrected chi connectivity index (χ3v) is 4.47. The zero-order valence-electron chi connectivity index (χ0n) is 15.9. The van der Waals surface area contributed by atoms with Crippen molar-refractivity contribution < 1.29 is 18.3 Å². The number of nitrogens with zero attached hydrogens (tertiary/aromatic N) is 5. The van der Waals surface area contributed by atoms with Crippen LogP contribution < -0.4 is 10.1 Å². The maximum absolute atomic E-state index is 13.7. The first-order valence-electron chi connectivity index (χ1n) is 9.03. The highest BCUT2D eigenvalue weighted by Crippen LogP contribution is 2.21. The second kappa shape index (κ2) is 8.92. The van der Waals surface area contributed by atoms with Gasteiger partial charge in [0.25, 0.3) is 5.91 Å². The second-order valence-electron chi connectivity index (χ2n) is 6.40. The maximum atomic E-state index is 13.7. The van der Waals surface area contributed by atoms with E-state index in [1.54, 1.807) is 24.4 Å². The van der Waals surface area contributed by atoms with Crippen molar-refractivity contribution in [3.05, 3.63) is 89.0 Å². The molecule has 0 atom stereocenters. The lowest BCUT2D eigenvalue weighted by Crippen LogP contribution is -2.15. The first kappa shape index (κ1) is 20.5. The monoisotopic (exact) mass is 444 g/mol. The van der Waals surface area contributed by atoms with E-state index in [9.17, 15) is 13.6 Å². The van der Waals surface area contributed by atoms with Gasteiger partial charge in [0.2, 0.25) is 5.95 Å². The highest BCUT2D eigenvalue weighted by molar-refractivity contribution is 6.30. The molecule has 0 aliphatic heterocycles. The van der Waals surface area contributed by atoms with Crippen LogP contribution in [0, 0.1) is 11.6 Å². The van der Waals surface area contributed by atoms with Gasteiger partial charge in [0.15, 0.2) is 12.4 Å². The molecule has 1 amide bonds. The molecule has 2 aromatic carbocycles. The summed E-state index contributed by atoms with van der Waals surface area (Å²) >= 11 is 5.71. The van der Waals surface area contributed by atoms with Crippen molar-refractivity contribution in [1.29, 1.82) is 0 Å². The molecule has 0 bridgehead atoms. The van der Waals surface area contributed by atoms with Gasteiger partial charge in [-0.05, 0) is 24.3 Å². The summed E-state index contributed by atoms with van der Waals surface area (Å²) in [6.45, 7) is 0.166. The molecule has 4 rings (SSSR count). The molecule has 4 aromatic rings. The summed E-state index contributed by atoms with van der Waals surface area (Å²) in [6, 6.07) is 11.8. The van der Waals surface area contributed by atoms with Crippen LogP contribution in [0.3, 0.4) is 0 Å². The minimum atomic E-state index is -0.544. The standard InChI is InChI=1S/C20H15ClF2N6O2/c21-15-9-14(5-6-17(15)23)31-12-28-8-7-18(26-28)19(30)25-20-24-11-29(27-20)10-13-3-1-2-4-16(13)22/h1-9,11H,10,12H2,(H,25,27,30). The Kier molecular flexibility index (Phi) is 5.89. The number of nitrogens with one attached hydrogen (secondary N) is 1. The van der Waals surface area contributed by atoms with Gasteiger partial charge in [-0.3, -0.25) is 10.1 Å². The second-order valence-corrected chi connectivity index (χ2v) is 6.81. The number of hydrogen-bond donors (Lipinski definition) is 1. The fourth-order valence-corrected chi connectivity index (χ4v) is 2.83. The topological polar surface area (TPSA) is 86.9 Å². The van der Waals surface area contributed by atoms with E-state index in [0.29, 0.717) is 11.3 Å². The highest BCUT2D eigenvalue weighted by Gasteiger charge is 2.13. The van der Waals surface area contributed by atoms with Gasteiger partial charge in [-0.1, -0.05) is 29.8 Å². The number of benzene rings is 2. The molecule has 2 heterocycles. The fourth-order valence-electron chi connectivity index (χ4n) is 2.66. The van der Waals surface area contributed by atoms with Gasteiger partial charge in [-0.25, -0.2) is 23.1 Å². The molecule has 31 heavy (non-hydrogen) atoms. The largest absolute Gasteiger partial charge is 0.471 e. The third-order valence-electron chi connectivity index (χ3n) is 4.18. The van der Waals surface area contributed by atoms with Gasteiger partial charge < -0.3 is 4.74 Å². The lowest BCUT2D eigenvalue weighted by atomic mass is 10.2. The summed E-state index contributed by atoms with van der Waals surface area (Å²) in [6.07, 6.45) is 2.94. The number of hydrogen-bond acceptors (Lipinski definition) is 5. The van der Waals surface area contributed by atoms with Gasteiger partial charge in [-0.15, -0.1) is 5.10 Å². The Morgan fingerprint density at radius 1 is 1.06 bits per heavy atom. The summed E-state index contributed by atoms with van der Waals surface area (Å²) < 4.78 is 35.2. The molecule has 1 N–H and O–H groups in total. The van der Waals surface area contributed by atoms with Crippen molar-refractivity contribution in [2.24, 2.45) is 0 Å². The molecule has 0 saturated carbocycles. The summed E-state index contributed by atoms with van der Waals surface area (Å²) in [5, 5.41) is 10.7. The van der Waals surface area contributed by atoms with Crippen molar-refractivity contribution >= 4 is 23.5 Å². The first-order valence-corrected chi connectivity index (χ1v) is 9.41. The van der Waals surface area contributed by atoms with Crippen LogP contribution in [0.15, 0.2) is 61.1 Å². The molecule has 0 saturated heterocycles. The van der Waals surface area contributed by atoms with Crippen molar-refractivity contribution in [3.63, 3.8) is 0 Å². The molecule has 2 aromatic heterocycles. The van der Waals surface area contributed by atoms with Gasteiger partial charge in [0, 0.05) is 17.8 Å². The number of aromatic nitrogens is 5. The van der Waals surface area contributed by atoms with E-state index in [1.165, 1.54) is 46.0 Å². The average Bonchev–Trinajstić information content (AvgIpc) is 3.40. The minimum Gasteiger partial charge on any atom is -0.471 e. The zero-order valence-corrected chi connectivity index (χ0v) is 16.6. The molecular formula is C20H15ClF2N6O2. The van der Waals surface area contributed by atoms with Crippen LogP contribution in [0.1, 0.15) is 16.1 Å². The fraction of sp³-hybridized carbons (Fsp3) is 0.100. The highest BCUT2D eigenvalue weighted by atomic mass is 35.5. The van der Waals surface area contributed by atoms with E-state index in [2.05, 4.69) is 20.5 Å². The van der Waals surface area contributed by atoms with Crippen molar-refractivity contribution in [3.8, 4) is 5.75 Å². The van der Waals surface area contributed by atoms with Crippen LogP contribution in [-0.2, 0) is 13.3 Å². The molecular weight excluding hydrogens is 430 g/mol. The molecule has 158 valence electrons. The summed E-state index contributed by atoms with van der Waals surface area (Å²) in [4.78, 5) is 16.4. The summed E-state index contributed by atoms with van der Waals surface area (Å²) in [5.41, 5.74) is 0.567. The van der Waals surface area contributed by atoms with Gasteiger partial charge in [-0.2, -0.15) is 5.10 Å². The van der Waals surface area contributed by atoms with Gasteiger partial charge >= 0.3 is 0 Å². The van der Waals surface area contributed by atoms with Crippen molar-refractivity contribution in [1.82, 2.24) is 24.5 Å². The Morgan fingerprint density at radius 3 is 2.71 bits per heavy atom. The van der Waals surface area contributed by atoms with E-state index < -0.39 is 11.7 Å². The van der Waals surface area contributed by atoms with Gasteiger partial charge in [0.05, 0.1) is 11.6 Å². The average molecular weight is 445 g/mol. The number of amides is 1. The lowest BCUT2D eigenvalue weighted by molar-refractivity contribution is 0.101. The smallest absolute Gasteiger partial charge is 0.278 e. The predicted octanol–water partition coefficient (Wildman–Crippen LogP) is 3.74. The zero-order chi connectivity index (χ0) is 21.8. The molecule has 11 heteroatoms. The molecule has 0 spiro atoms. The van der Waals surface area contributed by atoms with E-state index in [1.807, 2.05) is 0 Å². The van der Waals surface area contributed by atoms with Crippen LogP contribution in [0.2, 0.25) is 5.02 Å². The molecule has 0 radical (unpaired) electrons. The van der Waals surface area contributed by atoms with E-state index in [-0.39, 0.29) is 35.8 Å². The Hall–Kier alpha value is -3.79. The molecule has 0 unspecified atom stereocenters. The SMILES string of the molecule is O=C(Nc1ncn(Cc2ccccc2F)n1)c1ccn(COc2ccc(F)c(Cl)c2)n1. The maximum Gasteiger partial charge on any atom is 0.278 e. The summed E-state index contributed by atoms with van der Waals surface area (Å²) in [5.74, 6) is -0.992. The molecule has 0 fully saturated rings. The van der Waals surface area contributed by atoms with Gasteiger partial charge in [0.1, 0.15) is 23.7 Å². The Labute approximate surface area is 180 Å². The number of anilines is 1. The normalized spacial score (nSPS) is 10.8. The van der Waals surface area contributed by atoms with E-state index >= 15 is 0 Å². The Bertz CT molecular complexity index is 1230. The van der Waals surface area contributed by atoms with Crippen LogP contribution in [-0.4, -0.2) is 30.5 Å². The number of carbonyl (C=O) groups excluding carboxylic acids is 1. The number of carbonyl (C=O) groups is 1. The Balaban J connectivity index is 1.34. The van der Waals surface area contributed by atoms with E-state index in [0.717, 1.165) is 0 Å². The number of halogens is 3. The van der Waals surface area contributed by atoms with Crippen LogP contribution in [0.4, 0.5) is 14.7 Å². The Morgan fingerprint density at radius 2 is 1.90 bits per heavy atom. The molecule has 0 aliphatic carbocycles.